The molecule has 0 aliphatic heterocycles. The van der Waals surface area contributed by atoms with Crippen LogP contribution in [-0.4, -0.2) is 14.5 Å². The highest BCUT2D eigenvalue weighted by Crippen LogP contribution is 2.18. The van der Waals surface area contributed by atoms with E-state index in [4.69, 9.17) is 3.79 Å². The first kappa shape index (κ1) is 14.5. The van der Waals surface area contributed by atoms with Gasteiger partial charge in [0.05, 0.1) is 5.75 Å². The van der Waals surface area contributed by atoms with Gasteiger partial charge in [-0.25, -0.2) is 4.39 Å². The number of benzene rings is 1. The number of rotatable bonds is 8. The molecular weight excluding hydrogens is 230 g/mol. The summed E-state index contributed by atoms with van der Waals surface area (Å²) < 4.78 is 19.1. The van der Waals surface area contributed by atoms with Crippen molar-refractivity contribution >= 4 is 14.5 Å². The minimum atomic E-state index is -1.18. The first-order valence-corrected chi connectivity index (χ1v) is 8.79. The van der Waals surface area contributed by atoms with Crippen molar-refractivity contribution in [3.8, 4) is 5.75 Å². The Morgan fingerprint density at radius 2 is 1.76 bits per heavy atom. The molecule has 17 heavy (non-hydrogen) atoms. The average molecular weight is 252 g/mol. The molecule has 0 amide bonds. The molecular formula is C14H22AlFO. The van der Waals surface area contributed by atoms with E-state index in [1.165, 1.54) is 48.4 Å². The Hall–Kier alpha value is -0.518. The van der Waals surface area contributed by atoms with Crippen molar-refractivity contribution in [3.63, 3.8) is 0 Å². The summed E-state index contributed by atoms with van der Waals surface area (Å²) in [6.45, 7) is 4.40. The normalized spacial score (nSPS) is 10.3. The molecule has 0 unspecified atom stereocenters. The van der Waals surface area contributed by atoms with Crippen molar-refractivity contribution in [2.24, 2.45) is 0 Å². The lowest BCUT2D eigenvalue weighted by Gasteiger charge is -2.14. The van der Waals surface area contributed by atoms with E-state index in [0.717, 1.165) is 0 Å². The van der Waals surface area contributed by atoms with Crippen LogP contribution in [0, 0.1) is 5.82 Å². The molecule has 0 bridgehead atoms. The summed E-state index contributed by atoms with van der Waals surface area (Å²) in [5.74, 6) is 0.509. The minimum absolute atomic E-state index is 0.207. The van der Waals surface area contributed by atoms with Crippen LogP contribution >= 0.6 is 0 Å². The zero-order valence-corrected chi connectivity index (χ0v) is 12.1. The molecule has 0 N–H and O–H groups in total. The molecule has 0 fully saturated rings. The Bertz CT molecular complexity index is 309. The van der Waals surface area contributed by atoms with Crippen LogP contribution in [0.25, 0.3) is 0 Å². The zero-order chi connectivity index (χ0) is 12.5. The Morgan fingerprint density at radius 3 is 2.29 bits per heavy atom. The van der Waals surface area contributed by atoms with Gasteiger partial charge in [0.15, 0.2) is 0 Å². The summed E-state index contributed by atoms with van der Waals surface area (Å²) in [5.41, 5.74) is 0. The number of halogens is 1. The van der Waals surface area contributed by atoms with Crippen LogP contribution in [0.2, 0.25) is 10.6 Å². The molecule has 1 rings (SSSR count). The molecule has 3 heteroatoms. The van der Waals surface area contributed by atoms with Gasteiger partial charge in [-0.1, -0.05) is 56.2 Å². The van der Waals surface area contributed by atoms with E-state index in [1.54, 1.807) is 6.07 Å². The highest BCUT2D eigenvalue weighted by Gasteiger charge is 2.22. The molecule has 0 saturated carbocycles. The lowest BCUT2D eigenvalue weighted by Crippen LogP contribution is -2.21. The maximum Gasteiger partial charge on any atom is 0.546 e. The summed E-state index contributed by atoms with van der Waals surface area (Å²) in [5, 5.41) is 2.40. The van der Waals surface area contributed by atoms with Gasteiger partial charge in [0.25, 0.3) is 0 Å². The van der Waals surface area contributed by atoms with E-state index < -0.39 is 14.5 Å². The fourth-order valence-electron chi connectivity index (χ4n) is 1.86. The van der Waals surface area contributed by atoms with Gasteiger partial charge in [0.2, 0.25) is 0 Å². The zero-order valence-electron chi connectivity index (χ0n) is 10.9. The molecule has 0 atom stereocenters. The van der Waals surface area contributed by atoms with Crippen molar-refractivity contribution in [1.29, 1.82) is 0 Å². The lowest BCUT2D eigenvalue weighted by molar-refractivity contribution is 0.541. The van der Waals surface area contributed by atoms with Gasteiger partial charge < -0.3 is 3.79 Å². The molecule has 94 valence electrons. The molecule has 1 aromatic rings. The summed E-state index contributed by atoms with van der Waals surface area (Å²) in [6, 6.07) is 6.54. The molecule has 1 nitrogen and oxygen atoms in total. The fraction of sp³-hybridized carbons (Fsp3) is 0.571. The van der Waals surface area contributed by atoms with Crippen molar-refractivity contribution in [3.05, 3.63) is 30.1 Å². The second kappa shape index (κ2) is 8.56. The monoisotopic (exact) mass is 252 g/mol. The number of unbranched alkanes of at least 4 members (excludes halogenated alkanes) is 2. The van der Waals surface area contributed by atoms with Gasteiger partial charge in [-0.2, -0.15) is 0 Å². The van der Waals surface area contributed by atoms with Gasteiger partial charge >= 0.3 is 14.5 Å². The first-order chi connectivity index (χ1) is 8.26. The third-order valence-corrected chi connectivity index (χ3v) is 5.57. The Morgan fingerprint density at radius 1 is 1.12 bits per heavy atom. The van der Waals surface area contributed by atoms with E-state index in [0.29, 0.717) is 5.75 Å². The van der Waals surface area contributed by atoms with Crippen LogP contribution < -0.4 is 3.79 Å². The summed E-state index contributed by atoms with van der Waals surface area (Å²) in [4.78, 5) is 0. The summed E-state index contributed by atoms with van der Waals surface area (Å²) in [6.07, 6.45) is 4.89. The topological polar surface area (TPSA) is 9.23 Å². The van der Waals surface area contributed by atoms with E-state index in [1.807, 2.05) is 6.07 Å². The maximum atomic E-state index is 13.1. The predicted molar refractivity (Wildman–Crippen MR) is 72.2 cm³/mol. The Balaban J connectivity index is 2.51. The Kier molecular flexibility index (Phi) is 7.32. The number of hydrogen-bond donors (Lipinski definition) is 0. The molecule has 0 aliphatic rings. The van der Waals surface area contributed by atoms with Crippen molar-refractivity contribution < 1.29 is 8.18 Å². The number of hydrogen-bond acceptors (Lipinski definition) is 1. The first-order valence-electron chi connectivity index (χ1n) is 6.68. The van der Waals surface area contributed by atoms with Gasteiger partial charge in [0, 0.05) is 6.07 Å². The highest BCUT2D eigenvalue weighted by molar-refractivity contribution is 6.52. The third-order valence-electron chi connectivity index (χ3n) is 2.86. The molecule has 0 saturated heterocycles. The van der Waals surface area contributed by atoms with Crippen LogP contribution in [0.4, 0.5) is 4.39 Å². The van der Waals surface area contributed by atoms with E-state index in [9.17, 15) is 4.39 Å². The molecule has 0 radical (unpaired) electrons. The molecule has 0 aliphatic carbocycles. The SMILES string of the molecule is CCC[CH2][Al]([CH2]CCC)[O]c1cccc(F)c1. The molecule has 0 aromatic heterocycles. The lowest BCUT2D eigenvalue weighted by atomic mass is 10.3. The summed E-state index contributed by atoms with van der Waals surface area (Å²) >= 11 is -1.18. The fourth-order valence-corrected chi connectivity index (χ4v) is 4.64. The third kappa shape index (κ3) is 6.10. The highest BCUT2D eigenvalue weighted by atomic mass is 27.2. The van der Waals surface area contributed by atoms with Gasteiger partial charge in [-0.3, -0.25) is 0 Å². The quantitative estimate of drug-likeness (QED) is 0.604. The van der Waals surface area contributed by atoms with Gasteiger partial charge in [-0.05, 0) is 12.1 Å². The second-order valence-corrected chi connectivity index (χ2v) is 7.12. The smallest absolute Gasteiger partial charge is 0.546 e. The van der Waals surface area contributed by atoms with E-state index in [2.05, 4.69) is 13.8 Å². The van der Waals surface area contributed by atoms with Crippen molar-refractivity contribution in [2.45, 2.75) is 50.1 Å². The van der Waals surface area contributed by atoms with Crippen LogP contribution in [-0.2, 0) is 0 Å². The molecule has 0 spiro atoms. The van der Waals surface area contributed by atoms with Crippen molar-refractivity contribution in [2.75, 3.05) is 0 Å². The van der Waals surface area contributed by atoms with Crippen LogP contribution in [0.5, 0.6) is 5.75 Å². The molecule has 1 aromatic carbocycles. The van der Waals surface area contributed by atoms with Gasteiger partial charge in [-0.15, -0.1) is 0 Å². The predicted octanol–water partition coefficient (Wildman–Crippen LogP) is 4.80. The maximum absolute atomic E-state index is 13.1. The standard InChI is InChI=1S/C6H5FO.2C4H9.Al/c7-5-2-1-3-6(8)4-5;2*1-3-4-2;/h1-4,8H;2*1,3-4H2,2H3;/q;;;+1/p-1. The van der Waals surface area contributed by atoms with Gasteiger partial charge in [0.1, 0.15) is 5.82 Å². The van der Waals surface area contributed by atoms with Crippen molar-refractivity contribution in [1.82, 2.24) is 0 Å². The minimum Gasteiger partial charge on any atom is -0.642 e. The van der Waals surface area contributed by atoms with E-state index in [-0.39, 0.29) is 5.82 Å². The van der Waals surface area contributed by atoms with Crippen LogP contribution in [0.1, 0.15) is 39.5 Å². The second-order valence-electron chi connectivity index (χ2n) is 4.48. The Labute approximate surface area is 109 Å². The molecule has 0 heterocycles. The largest absolute Gasteiger partial charge is 0.642 e. The summed E-state index contributed by atoms with van der Waals surface area (Å²) in [7, 11) is 0. The van der Waals surface area contributed by atoms with E-state index >= 15 is 0 Å². The average Bonchev–Trinajstić information content (AvgIpc) is 2.32. The van der Waals surface area contributed by atoms with Crippen LogP contribution in [0.15, 0.2) is 24.3 Å². The van der Waals surface area contributed by atoms with Crippen LogP contribution in [0.3, 0.4) is 0 Å².